The van der Waals surface area contributed by atoms with Crippen LogP contribution in [0.1, 0.15) is 34.6 Å². The van der Waals surface area contributed by atoms with E-state index in [-0.39, 0.29) is 11.6 Å². The maximum atomic E-state index is 12.5. The smallest absolute Gasteiger partial charge is 0.273 e. The average Bonchev–Trinajstić information content (AvgIpc) is 3.32. The summed E-state index contributed by atoms with van der Waals surface area (Å²) in [5, 5.41) is 11.5. The van der Waals surface area contributed by atoms with Gasteiger partial charge < -0.3 is 15.2 Å². The maximum absolute atomic E-state index is 12.5. The number of pyridine rings is 1. The van der Waals surface area contributed by atoms with Gasteiger partial charge in [-0.1, -0.05) is 51.4 Å². The Balaban J connectivity index is 1.24. The fraction of sp³-hybridized carbons (Fsp3) is 0.240. The van der Waals surface area contributed by atoms with E-state index < -0.39 is 0 Å². The number of nitrogens with zero attached hydrogens (tertiary/aromatic N) is 2. The molecule has 1 amide bonds. The van der Waals surface area contributed by atoms with Crippen LogP contribution in [0.25, 0.3) is 22.2 Å². The standard InChI is InChI=1S/C25H23BrN4O2/c26-17-11-9-16(10-12-17)23-15-22(30-32-23)25(31)28-14-13-27-24-18-5-1-3-7-20(18)29-21-8-4-2-6-19(21)24/h1,3,5,7,9-12,15H,2,4,6,8,13-14H2,(H,27,29)(H,28,31). The fourth-order valence-electron chi connectivity index (χ4n) is 4.16. The second kappa shape index (κ2) is 9.12. The van der Waals surface area contributed by atoms with E-state index in [2.05, 4.69) is 43.9 Å². The molecular weight excluding hydrogens is 468 g/mol. The number of carbonyl (C=O) groups is 1. The average molecular weight is 491 g/mol. The van der Waals surface area contributed by atoms with Crippen LogP contribution in [0, 0.1) is 0 Å². The van der Waals surface area contributed by atoms with Crippen LogP contribution in [0.4, 0.5) is 5.69 Å². The first-order valence-corrected chi connectivity index (χ1v) is 11.6. The molecule has 0 atom stereocenters. The molecule has 2 N–H and O–H groups in total. The number of rotatable bonds is 6. The van der Waals surface area contributed by atoms with Crippen molar-refractivity contribution in [3.63, 3.8) is 0 Å². The summed E-state index contributed by atoms with van der Waals surface area (Å²) in [6.45, 7) is 1.09. The summed E-state index contributed by atoms with van der Waals surface area (Å²) < 4.78 is 6.33. The number of nitrogens with one attached hydrogen (secondary N) is 2. The first kappa shape index (κ1) is 20.7. The number of amides is 1. The van der Waals surface area contributed by atoms with Gasteiger partial charge >= 0.3 is 0 Å². The molecule has 0 saturated heterocycles. The summed E-state index contributed by atoms with van der Waals surface area (Å²) in [6, 6.07) is 17.6. The molecule has 1 aliphatic rings. The Bertz CT molecular complexity index is 1270. The molecule has 2 heterocycles. The highest BCUT2D eigenvalue weighted by molar-refractivity contribution is 9.10. The molecule has 1 aliphatic carbocycles. The zero-order valence-electron chi connectivity index (χ0n) is 17.5. The van der Waals surface area contributed by atoms with Crippen LogP contribution < -0.4 is 10.6 Å². The number of para-hydroxylation sites is 1. The van der Waals surface area contributed by atoms with E-state index in [4.69, 9.17) is 9.51 Å². The first-order valence-electron chi connectivity index (χ1n) is 10.8. The summed E-state index contributed by atoms with van der Waals surface area (Å²) in [5.74, 6) is 0.316. The molecule has 0 spiro atoms. The van der Waals surface area contributed by atoms with E-state index >= 15 is 0 Å². The minimum Gasteiger partial charge on any atom is -0.382 e. The summed E-state index contributed by atoms with van der Waals surface area (Å²) in [5.41, 5.74) is 5.83. The minimum atomic E-state index is -0.250. The van der Waals surface area contributed by atoms with Crippen molar-refractivity contribution >= 4 is 38.4 Å². The molecule has 32 heavy (non-hydrogen) atoms. The molecule has 0 bridgehead atoms. The van der Waals surface area contributed by atoms with Gasteiger partial charge in [0.05, 0.1) is 5.52 Å². The highest BCUT2D eigenvalue weighted by Gasteiger charge is 2.18. The first-order chi connectivity index (χ1) is 15.7. The number of anilines is 1. The van der Waals surface area contributed by atoms with Crippen LogP contribution in [0.2, 0.25) is 0 Å². The Morgan fingerprint density at radius 1 is 1.03 bits per heavy atom. The predicted octanol–water partition coefficient (Wildman–Crippen LogP) is 5.37. The van der Waals surface area contributed by atoms with Crippen molar-refractivity contribution < 1.29 is 9.32 Å². The second-order valence-corrected chi connectivity index (χ2v) is 8.82. The summed E-state index contributed by atoms with van der Waals surface area (Å²) in [7, 11) is 0. The van der Waals surface area contributed by atoms with Gasteiger partial charge in [-0.05, 0) is 49.4 Å². The van der Waals surface area contributed by atoms with E-state index in [9.17, 15) is 4.79 Å². The number of hydrogen-bond acceptors (Lipinski definition) is 5. The number of aryl methyl sites for hydroxylation is 1. The molecule has 4 aromatic rings. The molecule has 162 valence electrons. The Morgan fingerprint density at radius 3 is 2.72 bits per heavy atom. The van der Waals surface area contributed by atoms with Gasteiger partial charge in [-0.25, -0.2) is 0 Å². The van der Waals surface area contributed by atoms with Crippen molar-refractivity contribution in [2.75, 3.05) is 18.4 Å². The van der Waals surface area contributed by atoms with E-state index in [1.165, 1.54) is 24.1 Å². The molecule has 6 nitrogen and oxygen atoms in total. The lowest BCUT2D eigenvalue weighted by atomic mass is 9.92. The second-order valence-electron chi connectivity index (χ2n) is 7.90. The highest BCUT2D eigenvalue weighted by atomic mass is 79.9. The lowest BCUT2D eigenvalue weighted by Gasteiger charge is -2.21. The van der Waals surface area contributed by atoms with Crippen molar-refractivity contribution in [3.8, 4) is 11.3 Å². The SMILES string of the molecule is O=C(NCCNc1c2c(nc3ccccc13)CCCC2)c1cc(-c2ccc(Br)cc2)on1. The van der Waals surface area contributed by atoms with Crippen molar-refractivity contribution in [3.05, 3.63) is 76.0 Å². The summed E-state index contributed by atoms with van der Waals surface area (Å²) in [4.78, 5) is 17.4. The Morgan fingerprint density at radius 2 is 1.84 bits per heavy atom. The van der Waals surface area contributed by atoms with E-state index in [0.717, 1.165) is 39.5 Å². The number of benzene rings is 2. The predicted molar refractivity (Wildman–Crippen MR) is 129 cm³/mol. The van der Waals surface area contributed by atoms with Gasteiger partial charge in [-0.2, -0.15) is 0 Å². The third-order valence-corrected chi connectivity index (χ3v) is 6.28. The highest BCUT2D eigenvalue weighted by Crippen LogP contribution is 2.33. The van der Waals surface area contributed by atoms with E-state index in [0.29, 0.717) is 18.8 Å². The third-order valence-electron chi connectivity index (χ3n) is 5.75. The molecule has 0 saturated carbocycles. The zero-order chi connectivity index (χ0) is 21.9. The molecule has 2 aromatic carbocycles. The topological polar surface area (TPSA) is 80.0 Å². The monoisotopic (exact) mass is 490 g/mol. The summed E-state index contributed by atoms with van der Waals surface area (Å²) in [6.07, 6.45) is 4.44. The minimum absolute atomic E-state index is 0.250. The van der Waals surface area contributed by atoms with Gasteiger partial charge in [0.15, 0.2) is 11.5 Å². The fourth-order valence-corrected chi connectivity index (χ4v) is 4.43. The molecule has 5 rings (SSSR count). The molecular formula is C25H23BrN4O2. The lowest BCUT2D eigenvalue weighted by molar-refractivity contribution is 0.0946. The van der Waals surface area contributed by atoms with Crippen LogP contribution in [-0.4, -0.2) is 29.1 Å². The molecule has 7 heteroatoms. The Kier molecular flexibility index (Phi) is 5.90. The number of halogens is 1. The zero-order valence-corrected chi connectivity index (χ0v) is 19.1. The Labute approximate surface area is 194 Å². The molecule has 0 radical (unpaired) electrons. The van der Waals surface area contributed by atoms with Crippen molar-refractivity contribution in [1.82, 2.24) is 15.5 Å². The van der Waals surface area contributed by atoms with E-state index in [1.54, 1.807) is 6.07 Å². The van der Waals surface area contributed by atoms with Gasteiger partial charge in [-0.15, -0.1) is 0 Å². The number of hydrogen-bond donors (Lipinski definition) is 2. The van der Waals surface area contributed by atoms with Crippen LogP contribution in [0.15, 0.2) is 63.6 Å². The van der Waals surface area contributed by atoms with Gasteiger partial charge in [0, 0.05) is 46.0 Å². The Hall–Kier alpha value is -3.19. The maximum Gasteiger partial charge on any atom is 0.273 e. The van der Waals surface area contributed by atoms with Crippen molar-refractivity contribution in [2.24, 2.45) is 0 Å². The van der Waals surface area contributed by atoms with E-state index in [1.807, 2.05) is 36.4 Å². The van der Waals surface area contributed by atoms with Gasteiger partial charge in [0.1, 0.15) is 0 Å². The number of fused-ring (bicyclic) bond motifs is 2. The molecule has 2 aromatic heterocycles. The van der Waals surface area contributed by atoms with Crippen LogP contribution in [0.5, 0.6) is 0 Å². The van der Waals surface area contributed by atoms with Crippen LogP contribution in [-0.2, 0) is 12.8 Å². The number of carbonyl (C=O) groups excluding carboxylic acids is 1. The summed E-state index contributed by atoms with van der Waals surface area (Å²) >= 11 is 3.41. The molecule has 0 fully saturated rings. The quantitative estimate of drug-likeness (QED) is 0.355. The van der Waals surface area contributed by atoms with Gasteiger partial charge in [-0.3, -0.25) is 9.78 Å². The van der Waals surface area contributed by atoms with Crippen molar-refractivity contribution in [1.29, 1.82) is 0 Å². The molecule has 0 aliphatic heterocycles. The van der Waals surface area contributed by atoms with Gasteiger partial charge in [0.25, 0.3) is 5.91 Å². The van der Waals surface area contributed by atoms with Crippen molar-refractivity contribution in [2.45, 2.75) is 25.7 Å². The van der Waals surface area contributed by atoms with Crippen LogP contribution >= 0.6 is 15.9 Å². The largest absolute Gasteiger partial charge is 0.382 e. The van der Waals surface area contributed by atoms with Crippen LogP contribution in [0.3, 0.4) is 0 Å². The normalized spacial score (nSPS) is 13.0. The third kappa shape index (κ3) is 4.25. The lowest BCUT2D eigenvalue weighted by Crippen LogP contribution is -2.29. The molecule has 0 unspecified atom stereocenters. The number of aromatic nitrogens is 2. The van der Waals surface area contributed by atoms with Gasteiger partial charge in [0.2, 0.25) is 0 Å².